The fourth-order valence-electron chi connectivity index (χ4n) is 6.13. The van der Waals surface area contributed by atoms with Gasteiger partial charge in [-0.1, -0.05) is 41.9 Å². The Morgan fingerprint density at radius 2 is 1.72 bits per heavy atom. The average molecular weight is 697 g/mol. The lowest BCUT2D eigenvalue weighted by molar-refractivity contribution is -0.150. The van der Waals surface area contributed by atoms with Gasteiger partial charge in [-0.25, -0.2) is 0 Å². The van der Waals surface area contributed by atoms with Crippen molar-refractivity contribution in [3.05, 3.63) is 111 Å². The molecule has 0 saturated carbocycles. The third-order valence-electron chi connectivity index (χ3n) is 9.07. The Morgan fingerprint density at radius 1 is 1.00 bits per heavy atom. The van der Waals surface area contributed by atoms with Gasteiger partial charge in [0.1, 0.15) is 36.8 Å². The van der Waals surface area contributed by atoms with Gasteiger partial charge in [0.25, 0.3) is 5.91 Å². The number of morpholine rings is 1. The summed E-state index contributed by atoms with van der Waals surface area (Å²) in [7, 11) is 0. The highest BCUT2D eigenvalue weighted by Gasteiger charge is 2.30. The van der Waals surface area contributed by atoms with Crippen molar-refractivity contribution in [1.82, 2.24) is 14.8 Å². The molecule has 0 unspecified atom stereocenters. The third kappa shape index (κ3) is 8.25. The maximum atomic E-state index is 13.3. The molecule has 0 radical (unpaired) electrons. The largest absolute Gasteiger partial charge is 0.488 e. The van der Waals surface area contributed by atoms with Crippen molar-refractivity contribution in [2.45, 2.75) is 53.5 Å². The van der Waals surface area contributed by atoms with Crippen LogP contribution in [0.25, 0.3) is 11.1 Å². The van der Waals surface area contributed by atoms with Gasteiger partial charge < -0.3 is 24.2 Å². The number of pyridine rings is 1. The number of carboxylic acid groups (broad SMARTS) is 1. The Labute approximate surface area is 297 Å². The molecule has 10 nitrogen and oxygen atoms in total. The van der Waals surface area contributed by atoms with Gasteiger partial charge in [-0.05, 0) is 73.7 Å². The fraction of sp³-hybridized carbons (Fsp3) is 0.333. The van der Waals surface area contributed by atoms with Crippen LogP contribution in [-0.2, 0) is 29.3 Å². The van der Waals surface area contributed by atoms with Crippen molar-refractivity contribution in [2.24, 2.45) is 0 Å². The monoisotopic (exact) mass is 696 g/mol. The molecular weight excluding hydrogens is 656 g/mol. The predicted octanol–water partition coefficient (Wildman–Crippen LogP) is 6.82. The lowest BCUT2D eigenvalue weighted by Gasteiger charge is -2.33. The van der Waals surface area contributed by atoms with Crippen LogP contribution in [0, 0.1) is 25.2 Å². The Balaban J connectivity index is 1.42. The van der Waals surface area contributed by atoms with Gasteiger partial charge in [-0.15, -0.1) is 0 Å². The molecule has 5 rings (SSSR count). The van der Waals surface area contributed by atoms with Crippen molar-refractivity contribution in [3.63, 3.8) is 0 Å². The maximum Gasteiger partial charge on any atom is 0.323 e. The Kier molecular flexibility index (Phi) is 12.1. The van der Waals surface area contributed by atoms with E-state index in [-0.39, 0.29) is 32.3 Å². The number of hydrogen-bond acceptors (Lipinski definition) is 8. The smallest absolute Gasteiger partial charge is 0.323 e. The first kappa shape index (κ1) is 36.3. The number of nitrogens with zero attached hydrogens (tertiary/aromatic N) is 4. The van der Waals surface area contributed by atoms with Gasteiger partial charge in [-0.3, -0.25) is 19.5 Å². The van der Waals surface area contributed by atoms with Crippen LogP contribution >= 0.6 is 11.6 Å². The molecule has 1 aliphatic heterocycles. The number of carboxylic acids is 1. The van der Waals surface area contributed by atoms with Gasteiger partial charge in [-0.2, -0.15) is 5.26 Å². The summed E-state index contributed by atoms with van der Waals surface area (Å²) in [5.74, 6) is -0.0755. The van der Waals surface area contributed by atoms with E-state index in [0.29, 0.717) is 65.0 Å². The Bertz CT molecular complexity index is 1900. The standard InChI is InChI=1S/C39H41ClN4O6/c1-5-43(6-2)38(45)33-12-8-11-32(26(33)4)31-10-7-9-29(25(31)3)23-50-37-17-36(49-22-28-15-27(18-41)19-42-20-28)30(16-34(37)40)21-44-13-14-48-24-35(44)39(46)47/h7-12,15-17,19-20,35H,5-6,13-14,21-24H2,1-4H3,(H,46,47)/t35-/m0/s1. The Morgan fingerprint density at radius 3 is 2.44 bits per heavy atom. The first-order valence-electron chi connectivity index (χ1n) is 16.6. The average Bonchev–Trinajstić information content (AvgIpc) is 3.12. The molecule has 0 aliphatic carbocycles. The summed E-state index contributed by atoms with van der Waals surface area (Å²) in [6, 6.07) is 18.3. The second-order valence-corrected chi connectivity index (χ2v) is 12.5. The topological polar surface area (TPSA) is 125 Å². The van der Waals surface area contributed by atoms with Crippen LogP contribution in [0.1, 0.15) is 57.6 Å². The van der Waals surface area contributed by atoms with Crippen LogP contribution in [0.15, 0.2) is 67.0 Å². The molecule has 11 heteroatoms. The van der Waals surface area contributed by atoms with E-state index in [9.17, 15) is 20.0 Å². The summed E-state index contributed by atoms with van der Waals surface area (Å²) >= 11 is 6.80. The van der Waals surface area contributed by atoms with E-state index in [1.165, 1.54) is 6.20 Å². The molecule has 0 bridgehead atoms. The van der Waals surface area contributed by atoms with Crippen molar-refractivity contribution < 1.29 is 28.9 Å². The lowest BCUT2D eigenvalue weighted by Crippen LogP contribution is -2.49. The minimum Gasteiger partial charge on any atom is -0.488 e. The highest BCUT2D eigenvalue weighted by molar-refractivity contribution is 6.32. The molecule has 4 aromatic rings. The fourth-order valence-corrected chi connectivity index (χ4v) is 6.37. The number of carbonyl (C=O) groups excluding carboxylic acids is 1. The zero-order chi connectivity index (χ0) is 35.8. The van der Waals surface area contributed by atoms with Crippen molar-refractivity contribution in [2.75, 3.05) is 32.8 Å². The molecule has 50 heavy (non-hydrogen) atoms. The lowest BCUT2D eigenvalue weighted by atomic mass is 9.91. The van der Waals surface area contributed by atoms with E-state index >= 15 is 0 Å². The quantitative estimate of drug-likeness (QED) is 0.160. The number of rotatable bonds is 13. The SMILES string of the molecule is CCN(CC)C(=O)c1cccc(-c2cccc(COc3cc(OCc4cncc(C#N)c4)c(CN4CCOC[C@H]4C(=O)O)cc3Cl)c2C)c1C. The van der Waals surface area contributed by atoms with Crippen molar-refractivity contribution >= 4 is 23.5 Å². The van der Waals surface area contributed by atoms with Crippen LogP contribution in [0.5, 0.6) is 11.5 Å². The van der Waals surface area contributed by atoms with E-state index in [4.69, 9.17) is 25.8 Å². The van der Waals surface area contributed by atoms with E-state index < -0.39 is 12.0 Å². The summed E-state index contributed by atoms with van der Waals surface area (Å²) in [6.07, 6.45) is 3.11. The van der Waals surface area contributed by atoms with Gasteiger partial charge in [0.15, 0.2) is 0 Å². The van der Waals surface area contributed by atoms with Crippen LogP contribution in [-0.4, -0.2) is 70.7 Å². The molecule has 1 fully saturated rings. The summed E-state index contributed by atoms with van der Waals surface area (Å²) < 4.78 is 18.0. The number of halogens is 1. The zero-order valence-electron chi connectivity index (χ0n) is 28.7. The molecule has 1 amide bonds. The summed E-state index contributed by atoms with van der Waals surface area (Å²) in [6.45, 7) is 10.8. The number of hydrogen-bond donors (Lipinski definition) is 1. The predicted molar refractivity (Wildman–Crippen MR) is 190 cm³/mol. The molecule has 1 saturated heterocycles. The summed E-state index contributed by atoms with van der Waals surface area (Å²) in [4.78, 5) is 33.0. The highest BCUT2D eigenvalue weighted by atomic mass is 35.5. The number of aromatic nitrogens is 1. The van der Waals surface area contributed by atoms with Crippen LogP contribution in [0.4, 0.5) is 0 Å². The van der Waals surface area contributed by atoms with Crippen LogP contribution in [0.2, 0.25) is 5.02 Å². The Hall–Kier alpha value is -4.95. The van der Waals surface area contributed by atoms with E-state index in [2.05, 4.69) is 11.1 Å². The van der Waals surface area contributed by atoms with Crippen molar-refractivity contribution in [1.29, 1.82) is 5.26 Å². The number of ether oxygens (including phenoxy) is 3. The van der Waals surface area contributed by atoms with Gasteiger partial charge in [0.2, 0.25) is 0 Å². The number of carbonyl (C=O) groups is 2. The van der Waals surface area contributed by atoms with E-state index in [0.717, 1.165) is 27.8 Å². The van der Waals surface area contributed by atoms with E-state index in [1.807, 2.05) is 73.9 Å². The molecule has 3 aromatic carbocycles. The third-order valence-corrected chi connectivity index (χ3v) is 9.36. The first-order valence-corrected chi connectivity index (χ1v) is 17.0. The molecule has 1 aromatic heterocycles. The number of aliphatic carboxylic acids is 1. The summed E-state index contributed by atoms with van der Waals surface area (Å²) in [5, 5.41) is 19.5. The van der Waals surface area contributed by atoms with E-state index in [1.54, 1.807) is 24.4 Å². The molecule has 2 heterocycles. The second-order valence-electron chi connectivity index (χ2n) is 12.1. The summed E-state index contributed by atoms with van der Waals surface area (Å²) in [5.41, 5.74) is 7.37. The molecule has 1 aliphatic rings. The number of benzene rings is 3. The highest BCUT2D eigenvalue weighted by Crippen LogP contribution is 2.36. The molecule has 0 spiro atoms. The second kappa shape index (κ2) is 16.6. The van der Waals surface area contributed by atoms with Crippen LogP contribution < -0.4 is 9.47 Å². The molecule has 1 atom stereocenters. The maximum absolute atomic E-state index is 13.3. The number of amides is 1. The van der Waals surface area contributed by atoms with Gasteiger partial charge >= 0.3 is 5.97 Å². The van der Waals surface area contributed by atoms with Crippen molar-refractivity contribution in [3.8, 4) is 28.7 Å². The minimum absolute atomic E-state index is 0.0173. The first-order chi connectivity index (χ1) is 24.1. The minimum atomic E-state index is -0.965. The molecular formula is C39H41ClN4O6. The van der Waals surface area contributed by atoms with Crippen LogP contribution in [0.3, 0.4) is 0 Å². The zero-order valence-corrected chi connectivity index (χ0v) is 29.5. The van der Waals surface area contributed by atoms with Gasteiger partial charge in [0, 0.05) is 61.3 Å². The number of nitriles is 1. The molecule has 260 valence electrons. The molecule has 1 N–H and O–H groups in total. The van der Waals surface area contributed by atoms with Gasteiger partial charge in [0.05, 0.1) is 23.8 Å². The normalized spacial score (nSPS) is 14.5.